The van der Waals surface area contributed by atoms with Crippen molar-refractivity contribution in [2.45, 2.75) is 32.4 Å². The average Bonchev–Trinajstić information content (AvgIpc) is 2.59. The number of carbonyl (C=O) groups is 1. The van der Waals surface area contributed by atoms with E-state index in [0.717, 1.165) is 0 Å². The number of hydrogen-bond donors (Lipinski definition) is 0. The summed E-state index contributed by atoms with van der Waals surface area (Å²) < 4.78 is 39.2. The summed E-state index contributed by atoms with van der Waals surface area (Å²) in [7, 11) is 0.855. The van der Waals surface area contributed by atoms with Gasteiger partial charge in [-0.2, -0.15) is 17.0 Å². The van der Waals surface area contributed by atoms with Crippen LogP contribution in [0.25, 0.3) is 0 Å². The molecule has 1 amide bonds. The van der Waals surface area contributed by atoms with E-state index < -0.39 is 27.9 Å². The molecule has 0 saturated carbocycles. The van der Waals surface area contributed by atoms with E-state index in [9.17, 15) is 13.2 Å². The predicted molar refractivity (Wildman–Crippen MR) is 103 cm³/mol. The lowest BCUT2D eigenvalue weighted by molar-refractivity contribution is 0.0125. The number of rotatable bonds is 4. The zero-order valence-corrected chi connectivity index (χ0v) is 17.6. The average molecular weight is 400 g/mol. The van der Waals surface area contributed by atoms with E-state index in [-0.39, 0.29) is 19.6 Å². The van der Waals surface area contributed by atoms with Gasteiger partial charge in [-0.1, -0.05) is 18.2 Å². The van der Waals surface area contributed by atoms with Gasteiger partial charge >= 0.3 is 6.09 Å². The summed E-state index contributed by atoms with van der Waals surface area (Å²) in [6.45, 7) is 6.01. The van der Waals surface area contributed by atoms with E-state index in [4.69, 9.17) is 9.47 Å². The second-order valence-electron chi connectivity index (χ2n) is 7.58. The molecule has 1 aliphatic rings. The molecule has 0 spiro atoms. The second kappa shape index (κ2) is 8.04. The van der Waals surface area contributed by atoms with Crippen LogP contribution >= 0.6 is 0 Å². The lowest BCUT2D eigenvalue weighted by Crippen LogP contribution is -2.55. The number of para-hydroxylation sites is 1. The van der Waals surface area contributed by atoms with Gasteiger partial charge < -0.3 is 14.4 Å². The second-order valence-corrected chi connectivity index (χ2v) is 9.68. The van der Waals surface area contributed by atoms with Crippen molar-refractivity contribution < 1.29 is 22.7 Å². The van der Waals surface area contributed by atoms with Gasteiger partial charge in [-0.3, -0.25) is 0 Å². The number of methoxy groups -OCH3 is 1. The highest BCUT2D eigenvalue weighted by molar-refractivity contribution is 7.86. The predicted octanol–water partition coefficient (Wildman–Crippen LogP) is 2.10. The molecule has 1 saturated heterocycles. The van der Waals surface area contributed by atoms with Crippen molar-refractivity contribution in [3.63, 3.8) is 0 Å². The first-order valence-electron chi connectivity index (χ1n) is 8.77. The first kappa shape index (κ1) is 21.5. The monoisotopic (exact) mass is 399 g/mol. The van der Waals surface area contributed by atoms with Crippen LogP contribution in [0.1, 0.15) is 32.4 Å². The summed E-state index contributed by atoms with van der Waals surface area (Å²) in [5.41, 5.74) is 0.0859. The molecule has 1 fully saturated rings. The van der Waals surface area contributed by atoms with Crippen molar-refractivity contribution >= 4 is 16.3 Å². The zero-order chi connectivity index (χ0) is 20.4. The summed E-state index contributed by atoms with van der Waals surface area (Å²) in [6, 6.07) is 6.67. The molecule has 1 heterocycles. The van der Waals surface area contributed by atoms with E-state index in [1.165, 1.54) is 29.8 Å². The van der Waals surface area contributed by atoms with Gasteiger partial charge in [0.2, 0.25) is 0 Å². The van der Waals surface area contributed by atoms with Crippen LogP contribution in [0, 0.1) is 0 Å². The van der Waals surface area contributed by atoms with Crippen molar-refractivity contribution in [1.82, 2.24) is 13.5 Å². The molecule has 152 valence electrons. The first-order valence-corrected chi connectivity index (χ1v) is 10.2. The smallest absolute Gasteiger partial charge is 0.410 e. The highest BCUT2D eigenvalue weighted by atomic mass is 32.2. The lowest BCUT2D eigenvalue weighted by Gasteiger charge is -2.42. The highest BCUT2D eigenvalue weighted by Gasteiger charge is 2.40. The molecule has 27 heavy (non-hydrogen) atoms. The molecule has 8 nitrogen and oxygen atoms in total. The Balaban J connectivity index is 2.41. The van der Waals surface area contributed by atoms with Gasteiger partial charge in [-0.25, -0.2) is 4.79 Å². The summed E-state index contributed by atoms with van der Waals surface area (Å²) in [4.78, 5) is 14.1. The Bertz CT molecular complexity index is 773. The van der Waals surface area contributed by atoms with Crippen molar-refractivity contribution in [3.05, 3.63) is 29.8 Å². The standard InChI is InChI=1S/C18H29N3O5S/c1-18(2,3)26-17(22)20-11-12-21(27(23,24)19(4)5)15(13-20)14-9-7-8-10-16(14)25-6/h7-10,15H,11-13H2,1-6H3/t15-/m1/s1. The number of ether oxygens (including phenoxy) is 2. The number of carbonyl (C=O) groups excluding carboxylic acids is 1. The fraction of sp³-hybridized carbons (Fsp3) is 0.611. The third-order valence-electron chi connectivity index (χ3n) is 4.24. The van der Waals surface area contributed by atoms with Gasteiger partial charge in [-0.15, -0.1) is 0 Å². The van der Waals surface area contributed by atoms with Gasteiger partial charge in [0.05, 0.1) is 13.2 Å². The van der Waals surface area contributed by atoms with Crippen LogP contribution in [-0.2, 0) is 14.9 Å². The maximum absolute atomic E-state index is 12.9. The Morgan fingerprint density at radius 3 is 2.37 bits per heavy atom. The molecule has 0 unspecified atom stereocenters. The number of hydrogen-bond acceptors (Lipinski definition) is 5. The molecule has 0 bridgehead atoms. The molecular weight excluding hydrogens is 370 g/mol. The Kier molecular flexibility index (Phi) is 6.39. The largest absolute Gasteiger partial charge is 0.496 e. The van der Waals surface area contributed by atoms with Crippen LogP contribution in [0.5, 0.6) is 5.75 Å². The summed E-state index contributed by atoms with van der Waals surface area (Å²) in [5, 5.41) is 0. The third kappa shape index (κ3) is 4.91. The van der Waals surface area contributed by atoms with Crippen LogP contribution in [-0.4, -0.2) is 74.5 Å². The van der Waals surface area contributed by atoms with Crippen molar-refractivity contribution in [3.8, 4) is 5.75 Å². The van der Waals surface area contributed by atoms with Crippen LogP contribution in [0.4, 0.5) is 4.79 Å². The van der Waals surface area contributed by atoms with Gasteiger partial charge in [0.1, 0.15) is 11.4 Å². The molecule has 1 aromatic carbocycles. The molecule has 0 N–H and O–H groups in total. The minimum absolute atomic E-state index is 0.169. The van der Waals surface area contributed by atoms with E-state index in [1.54, 1.807) is 31.7 Å². The minimum atomic E-state index is -3.67. The number of benzene rings is 1. The van der Waals surface area contributed by atoms with Crippen molar-refractivity contribution in [2.75, 3.05) is 40.8 Å². The quantitative estimate of drug-likeness (QED) is 0.775. The van der Waals surface area contributed by atoms with Gasteiger partial charge in [-0.05, 0) is 26.8 Å². The maximum atomic E-state index is 12.9. The van der Waals surface area contributed by atoms with Gasteiger partial charge in [0.15, 0.2) is 0 Å². The first-order chi connectivity index (χ1) is 12.5. The van der Waals surface area contributed by atoms with E-state index in [0.29, 0.717) is 11.3 Å². The minimum Gasteiger partial charge on any atom is -0.496 e. The topological polar surface area (TPSA) is 79.4 Å². The van der Waals surface area contributed by atoms with E-state index >= 15 is 0 Å². The fourth-order valence-electron chi connectivity index (χ4n) is 2.94. The maximum Gasteiger partial charge on any atom is 0.410 e. The Labute approximate surface area is 161 Å². The molecule has 1 aliphatic heterocycles. The Morgan fingerprint density at radius 1 is 1.19 bits per heavy atom. The van der Waals surface area contributed by atoms with E-state index in [1.807, 2.05) is 18.2 Å². The molecule has 0 aromatic heterocycles. The third-order valence-corrected chi connectivity index (χ3v) is 6.19. The van der Waals surface area contributed by atoms with E-state index in [2.05, 4.69) is 0 Å². The van der Waals surface area contributed by atoms with Crippen molar-refractivity contribution in [2.24, 2.45) is 0 Å². The number of piperazine rings is 1. The zero-order valence-electron chi connectivity index (χ0n) is 16.8. The lowest BCUT2D eigenvalue weighted by atomic mass is 10.0. The fourth-order valence-corrected chi connectivity index (χ4v) is 4.17. The molecule has 9 heteroatoms. The summed E-state index contributed by atoms with van der Waals surface area (Å²) >= 11 is 0. The Hall–Kier alpha value is -1.84. The SMILES string of the molecule is COc1ccccc1[C@H]1CN(C(=O)OC(C)(C)C)CCN1S(=O)(=O)N(C)C. The van der Waals surface area contributed by atoms with Crippen LogP contribution < -0.4 is 4.74 Å². The van der Waals surface area contributed by atoms with Gasteiger partial charge in [0, 0.05) is 39.3 Å². The highest BCUT2D eigenvalue weighted by Crippen LogP contribution is 2.34. The molecule has 0 radical (unpaired) electrons. The molecule has 1 aromatic rings. The van der Waals surface area contributed by atoms with Crippen LogP contribution in [0.15, 0.2) is 24.3 Å². The summed E-state index contributed by atoms with van der Waals surface area (Å²) in [6.07, 6.45) is -0.454. The number of amides is 1. The van der Waals surface area contributed by atoms with Crippen LogP contribution in [0.2, 0.25) is 0 Å². The molecular formula is C18H29N3O5S. The molecule has 1 atom stereocenters. The Morgan fingerprint density at radius 2 is 1.81 bits per heavy atom. The van der Waals surface area contributed by atoms with Crippen molar-refractivity contribution in [1.29, 1.82) is 0 Å². The normalized spacial score (nSPS) is 19.2. The molecule has 0 aliphatic carbocycles. The molecule has 2 rings (SSSR count). The summed E-state index contributed by atoms with van der Waals surface area (Å²) in [5.74, 6) is 0.576. The van der Waals surface area contributed by atoms with Crippen LogP contribution in [0.3, 0.4) is 0 Å². The van der Waals surface area contributed by atoms with Gasteiger partial charge in [0.25, 0.3) is 10.2 Å². The number of nitrogens with zero attached hydrogens (tertiary/aromatic N) is 3.